The number of ether oxygens (including phenoxy) is 1. The molecule has 1 aliphatic carbocycles. The van der Waals surface area contributed by atoms with Crippen LogP contribution in [-0.2, 0) is 32.8 Å². The van der Waals surface area contributed by atoms with Crippen molar-refractivity contribution in [1.29, 1.82) is 0 Å². The summed E-state index contributed by atoms with van der Waals surface area (Å²) in [5.41, 5.74) is 5.35. The standard InChI is InChI=1S/C31H35N3O3/c1-22-10-12-24(13-11-22)14-15-28(36)34-19-16-31(17-20-34)27-9-4-3-8-26(27)29(33-23(2)35)30(31)37-21-25-7-5-6-18-32-25/h3-13,18,29-30H,14-17,19-21H2,1-2H3,(H,33,35)/t29-,30+/m1/s1. The van der Waals surface area contributed by atoms with Crippen molar-refractivity contribution in [3.8, 4) is 0 Å². The number of amides is 2. The van der Waals surface area contributed by atoms with Crippen molar-refractivity contribution >= 4 is 11.8 Å². The van der Waals surface area contributed by atoms with E-state index in [4.69, 9.17) is 4.74 Å². The minimum Gasteiger partial charge on any atom is -0.368 e. The van der Waals surface area contributed by atoms with Crippen LogP contribution in [0.1, 0.15) is 60.2 Å². The Labute approximate surface area is 219 Å². The Morgan fingerprint density at radius 2 is 1.76 bits per heavy atom. The molecule has 0 saturated carbocycles. The van der Waals surface area contributed by atoms with E-state index in [9.17, 15) is 9.59 Å². The number of carbonyl (C=O) groups is 2. The smallest absolute Gasteiger partial charge is 0.222 e. The van der Waals surface area contributed by atoms with E-state index in [-0.39, 0.29) is 29.4 Å². The van der Waals surface area contributed by atoms with Gasteiger partial charge in [-0.3, -0.25) is 14.6 Å². The maximum atomic E-state index is 13.1. The molecule has 1 spiro atoms. The lowest BCUT2D eigenvalue weighted by Gasteiger charge is -2.44. The zero-order chi connectivity index (χ0) is 25.8. The quantitative estimate of drug-likeness (QED) is 0.515. The highest BCUT2D eigenvalue weighted by Gasteiger charge is 2.54. The van der Waals surface area contributed by atoms with Crippen molar-refractivity contribution in [3.05, 3.63) is 101 Å². The second-order valence-electron chi connectivity index (χ2n) is 10.3. The Kier molecular flexibility index (Phi) is 7.38. The molecular formula is C31H35N3O3. The van der Waals surface area contributed by atoms with E-state index in [1.165, 1.54) is 16.7 Å². The number of rotatable bonds is 7. The number of aromatic nitrogens is 1. The zero-order valence-electron chi connectivity index (χ0n) is 21.7. The van der Waals surface area contributed by atoms with E-state index in [1.54, 1.807) is 13.1 Å². The van der Waals surface area contributed by atoms with Crippen LogP contribution >= 0.6 is 0 Å². The summed E-state index contributed by atoms with van der Waals surface area (Å²) in [4.78, 5) is 31.8. The average molecular weight is 498 g/mol. The lowest BCUT2D eigenvalue weighted by molar-refractivity contribution is -0.134. The molecule has 2 aromatic carbocycles. The van der Waals surface area contributed by atoms with Crippen LogP contribution in [0.4, 0.5) is 0 Å². The van der Waals surface area contributed by atoms with Crippen molar-refractivity contribution in [3.63, 3.8) is 0 Å². The number of hydrogen-bond donors (Lipinski definition) is 1. The third-order valence-electron chi connectivity index (χ3n) is 7.93. The predicted octanol–water partition coefficient (Wildman–Crippen LogP) is 4.66. The number of piperidine rings is 1. The molecule has 37 heavy (non-hydrogen) atoms. The third kappa shape index (κ3) is 5.30. The highest BCUT2D eigenvalue weighted by molar-refractivity contribution is 5.77. The zero-order valence-corrected chi connectivity index (χ0v) is 21.7. The fourth-order valence-corrected chi connectivity index (χ4v) is 6.02. The van der Waals surface area contributed by atoms with Crippen LogP contribution in [0.25, 0.3) is 0 Å². The van der Waals surface area contributed by atoms with Crippen molar-refractivity contribution in [2.45, 2.75) is 63.7 Å². The lowest BCUT2D eigenvalue weighted by atomic mass is 9.71. The molecule has 2 atom stereocenters. The molecule has 1 fully saturated rings. The number of pyridine rings is 1. The Bertz CT molecular complexity index is 1230. The summed E-state index contributed by atoms with van der Waals surface area (Å²) in [5, 5.41) is 3.17. The van der Waals surface area contributed by atoms with Gasteiger partial charge in [-0.15, -0.1) is 0 Å². The number of fused-ring (bicyclic) bond motifs is 2. The fraction of sp³-hybridized carbons (Fsp3) is 0.387. The van der Waals surface area contributed by atoms with Gasteiger partial charge in [0.05, 0.1) is 24.4 Å². The second-order valence-corrected chi connectivity index (χ2v) is 10.3. The van der Waals surface area contributed by atoms with Gasteiger partial charge in [0.15, 0.2) is 0 Å². The summed E-state index contributed by atoms with van der Waals surface area (Å²) >= 11 is 0. The summed E-state index contributed by atoms with van der Waals surface area (Å²) in [7, 11) is 0. The number of hydrogen-bond acceptors (Lipinski definition) is 4. The van der Waals surface area contributed by atoms with Gasteiger partial charge in [-0.05, 0) is 55.0 Å². The van der Waals surface area contributed by atoms with Gasteiger partial charge < -0.3 is 15.0 Å². The maximum absolute atomic E-state index is 13.1. The Balaban J connectivity index is 1.34. The van der Waals surface area contributed by atoms with Gasteiger partial charge in [-0.25, -0.2) is 0 Å². The van der Waals surface area contributed by atoms with Crippen molar-refractivity contribution in [1.82, 2.24) is 15.2 Å². The molecule has 1 aliphatic heterocycles. The van der Waals surface area contributed by atoms with Gasteiger partial charge in [0.25, 0.3) is 0 Å². The summed E-state index contributed by atoms with van der Waals surface area (Å²) in [5.74, 6) is 0.123. The normalized spacial score (nSPS) is 20.0. The number of nitrogens with zero attached hydrogens (tertiary/aromatic N) is 2. The lowest BCUT2D eigenvalue weighted by Crippen LogP contribution is -2.51. The fourth-order valence-electron chi connectivity index (χ4n) is 6.02. The van der Waals surface area contributed by atoms with Gasteiger partial charge in [0, 0.05) is 38.0 Å². The van der Waals surface area contributed by atoms with Crippen molar-refractivity contribution in [2.75, 3.05) is 13.1 Å². The molecule has 0 bridgehead atoms. The summed E-state index contributed by atoms with van der Waals surface area (Å²) in [6.07, 6.45) is 4.39. The first kappa shape index (κ1) is 25.2. The van der Waals surface area contributed by atoms with Crippen LogP contribution in [0.5, 0.6) is 0 Å². The first-order valence-electron chi connectivity index (χ1n) is 13.2. The molecule has 2 aliphatic rings. The van der Waals surface area contributed by atoms with Gasteiger partial charge in [-0.2, -0.15) is 0 Å². The van der Waals surface area contributed by atoms with Gasteiger partial charge >= 0.3 is 0 Å². The SMILES string of the molecule is CC(=O)N[C@@H]1c2ccccc2C2(CCN(C(=O)CCc3ccc(C)cc3)CC2)[C@H]1OCc1ccccn1. The van der Waals surface area contributed by atoms with E-state index in [0.29, 0.717) is 26.1 Å². The van der Waals surface area contributed by atoms with Crippen LogP contribution in [0.2, 0.25) is 0 Å². The Hall–Kier alpha value is -3.51. The van der Waals surface area contributed by atoms with E-state index in [0.717, 1.165) is 30.5 Å². The molecule has 1 N–H and O–H groups in total. The van der Waals surface area contributed by atoms with Crippen molar-refractivity contribution in [2.24, 2.45) is 0 Å². The minimum atomic E-state index is -0.272. The summed E-state index contributed by atoms with van der Waals surface area (Å²) < 4.78 is 6.61. The molecule has 2 heterocycles. The molecule has 6 nitrogen and oxygen atoms in total. The van der Waals surface area contributed by atoms with E-state index in [1.807, 2.05) is 29.2 Å². The predicted molar refractivity (Wildman–Crippen MR) is 143 cm³/mol. The molecule has 5 rings (SSSR count). The highest BCUT2D eigenvalue weighted by atomic mass is 16.5. The molecule has 3 aromatic rings. The van der Waals surface area contributed by atoms with Gasteiger partial charge in [-0.1, -0.05) is 60.2 Å². The Morgan fingerprint density at radius 1 is 1.03 bits per heavy atom. The number of carbonyl (C=O) groups excluding carboxylic acids is 2. The maximum Gasteiger partial charge on any atom is 0.222 e. The molecule has 2 amide bonds. The number of benzene rings is 2. The van der Waals surface area contributed by atoms with Crippen molar-refractivity contribution < 1.29 is 14.3 Å². The van der Waals surface area contributed by atoms with Crippen LogP contribution in [-0.4, -0.2) is 40.9 Å². The second kappa shape index (κ2) is 10.9. The average Bonchev–Trinajstić information content (AvgIpc) is 3.15. The molecular weight excluding hydrogens is 462 g/mol. The summed E-state index contributed by atoms with van der Waals surface area (Å²) in [6.45, 7) is 5.35. The minimum absolute atomic E-state index is 0.0768. The van der Waals surface area contributed by atoms with E-state index < -0.39 is 0 Å². The van der Waals surface area contributed by atoms with Gasteiger partial charge in [0.2, 0.25) is 11.8 Å². The molecule has 1 saturated heterocycles. The molecule has 192 valence electrons. The van der Waals surface area contributed by atoms with E-state index >= 15 is 0 Å². The number of aryl methyl sites for hydroxylation is 2. The third-order valence-corrected chi connectivity index (χ3v) is 7.93. The summed E-state index contributed by atoms with van der Waals surface area (Å²) in [6, 6.07) is 22.3. The molecule has 0 unspecified atom stereocenters. The van der Waals surface area contributed by atoms with E-state index in [2.05, 4.69) is 59.7 Å². The molecule has 0 radical (unpaired) electrons. The first-order valence-corrected chi connectivity index (χ1v) is 13.2. The molecule has 6 heteroatoms. The monoisotopic (exact) mass is 497 g/mol. The highest BCUT2D eigenvalue weighted by Crippen LogP contribution is 2.52. The number of likely N-dealkylation sites (tertiary alicyclic amines) is 1. The van der Waals surface area contributed by atoms with Crippen LogP contribution in [0, 0.1) is 6.92 Å². The molecule has 1 aromatic heterocycles. The number of nitrogens with one attached hydrogen (secondary N) is 1. The van der Waals surface area contributed by atoms with Crippen LogP contribution in [0.3, 0.4) is 0 Å². The van der Waals surface area contributed by atoms with Crippen LogP contribution < -0.4 is 5.32 Å². The topological polar surface area (TPSA) is 71.5 Å². The van der Waals surface area contributed by atoms with Crippen LogP contribution in [0.15, 0.2) is 72.9 Å². The largest absolute Gasteiger partial charge is 0.368 e. The van der Waals surface area contributed by atoms with Gasteiger partial charge in [0.1, 0.15) is 0 Å². The first-order chi connectivity index (χ1) is 18.0. The Morgan fingerprint density at radius 3 is 2.46 bits per heavy atom.